The van der Waals surface area contributed by atoms with Crippen LogP contribution in [-0.4, -0.2) is 49.5 Å². The van der Waals surface area contributed by atoms with Gasteiger partial charge in [0.05, 0.1) is 12.2 Å². The molecule has 0 aliphatic heterocycles. The van der Waals surface area contributed by atoms with Gasteiger partial charge in [0.1, 0.15) is 6.33 Å². The number of imidazole rings is 1. The molecule has 0 aliphatic rings. The average Bonchev–Trinajstić information content (AvgIpc) is 3.58. The number of benzene rings is 1. The summed E-state index contributed by atoms with van der Waals surface area (Å²) in [6.07, 6.45) is 6.72. The zero-order valence-electron chi connectivity index (χ0n) is 18.3. The van der Waals surface area contributed by atoms with E-state index in [1.807, 2.05) is 42.6 Å². The van der Waals surface area contributed by atoms with Crippen molar-refractivity contribution in [2.24, 2.45) is 7.05 Å². The van der Waals surface area contributed by atoms with Gasteiger partial charge < -0.3 is 0 Å². The summed E-state index contributed by atoms with van der Waals surface area (Å²) in [6.45, 7) is 2.45. The van der Waals surface area contributed by atoms with Gasteiger partial charge in [0, 0.05) is 30.7 Å². The first kappa shape index (κ1) is 20.5. The molecule has 0 radical (unpaired) electrons. The van der Waals surface area contributed by atoms with Crippen LogP contribution in [0.15, 0.2) is 59.9 Å². The Hall–Kier alpha value is -4.41. The Kier molecular flexibility index (Phi) is 5.35. The lowest BCUT2D eigenvalue weighted by Gasteiger charge is -2.09. The van der Waals surface area contributed by atoms with Crippen LogP contribution < -0.4 is 5.69 Å². The molecular weight excluding hydrogens is 420 g/mol. The van der Waals surface area contributed by atoms with Crippen molar-refractivity contribution < 1.29 is 0 Å². The smallest absolute Gasteiger partial charge is 0.290 e. The van der Waals surface area contributed by atoms with E-state index >= 15 is 0 Å². The monoisotopic (exact) mass is 442 g/mol. The molecule has 0 saturated heterocycles. The highest BCUT2D eigenvalue weighted by atomic mass is 16.2. The van der Waals surface area contributed by atoms with Crippen LogP contribution in [0.3, 0.4) is 0 Å². The molecule has 1 aromatic carbocycles. The molecule has 0 unspecified atom stereocenters. The standard InChI is InChI=1S/C22H22N10O/c1-3-5-19-13-32(21-24-14-25-30(21)2)22(33)31(19)12-18-11-16(8-9-23-18)15-6-4-7-17(10-15)20-26-28-29-27-20/h4,6-11,13-14H,3,5,12H2,1-2H3,(H,26,27,28,29). The Labute approximate surface area is 188 Å². The molecule has 0 aliphatic carbocycles. The van der Waals surface area contributed by atoms with E-state index in [0.29, 0.717) is 18.3 Å². The highest BCUT2D eigenvalue weighted by Gasteiger charge is 2.16. The normalized spacial score (nSPS) is 11.2. The third-order valence-corrected chi connectivity index (χ3v) is 5.41. The van der Waals surface area contributed by atoms with Gasteiger partial charge in [-0.15, -0.1) is 10.2 Å². The second-order valence-electron chi connectivity index (χ2n) is 7.64. The average molecular weight is 442 g/mol. The number of nitrogens with one attached hydrogen (secondary N) is 1. The molecule has 1 N–H and O–H groups in total. The van der Waals surface area contributed by atoms with Crippen molar-refractivity contribution in [2.75, 3.05) is 0 Å². The Bertz CT molecular complexity index is 1440. The molecule has 4 heterocycles. The van der Waals surface area contributed by atoms with Crippen molar-refractivity contribution in [3.05, 3.63) is 77.0 Å². The Morgan fingerprint density at radius 2 is 1.91 bits per heavy atom. The summed E-state index contributed by atoms with van der Waals surface area (Å²) in [6, 6.07) is 11.8. The number of aromatic amines is 1. The van der Waals surface area contributed by atoms with Gasteiger partial charge in [-0.05, 0) is 41.0 Å². The summed E-state index contributed by atoms with van der Waals surface area (Å²) < 4.78 is 4.87. The van der Waals surface area contributed by atoms with Crippen LogP contribution in [-0.2, 0) is 20.0 Å². The van der Waals surface area contributed by atoms with Crippen molar-refractivity contribution in [3.63, 3.8) is 0 Å². The third-order valence-electron chi connectivity index (χ3n) is 5.41. The topological polar surface area (TPSA) is 125 Å². The molecule has 0 fully saturated rings. The zero-order chi connectivity index (χ0) is 22.8. The molecule has 0 bridgehead atoms. The van der Waals surface area contributed by atoms with Gasteiger partial charge in [-0.25, -0.2) is 14.0 Å². The van der Waals surface area contributed by atoms with Gasteiger partial charge >= 0.3 is 5.69 Å². The van der Waals surface area contributed by atoms with Gasteiger partial charge in [-0.1, -0.05) is 31.5 Å². The molecule has 0 atom stereocenters. The summed E-state index contributed by atoms with van der Waals surface area (Å²) in [5, 5.41) is 18.3. The maximum absolute atomic E-state index is 13.2. The number of H-pyrrole nitrogens is 1. The van der Waals surface area contributed by atoms with Crippen molar-refractivity contribution in [3.8, 4) is 28.5 Å². The number of nitrogens with zero attached hydrogens (tertiary/aromatic N) is 9. The SMILES string of the molecule is CCCc1cn(-c2ncnn2C)c(=O)n1Cc1cc(-c2cccc(-c3nn[nH]n3)c2)ccn1. The second kappa shape index (κ2) is 8.61. The quantitative estimate of drug-likeness (QED) is 0.409. The van der Waals surface area contributed by atoms with Crippen molar-refractivity contribution in [2.45, 2.75) is 26.3 Å². The van der Waals surface area contributed by atoms with Crippen molar-refractivity contribution in [1.82, 2.24) is 49.5 Å². The number of hydrogen-bond acceptors (Lipinski definition) is 7. The van der Waals surface area contributed by atoms with Crippen LogP contribution in [0.2, 0.25) is 0 Å². The number of aryl methyl sites for hydroxylation is 2. The van der Waals surface area contributed by atoms with Gasteiger partial charge in [-0.2, -0.15) is 15.3 Å². The number of hydrogen-bond donors (Lipinski definition) is 1. The maximum atomic E-state index is 13.2. The third kappa shape index (κ3) is 3.95. The van der Waals surface area contributed by atoms with E-state index in [-0.39, 0.29) is 5.69 Å². The molecule has 0 saturated carbocycles. The van der Waals surface area contributed by atoms with Gasteiger partial charge in [0.15, 0.2) is 0 Å². The minimum Gasteiger partial charge on any atom is -0.290 e. The van der Waals surface area contributed by atoms with Crippen LogP contribution in [0.25, 0.3) is 28.5 Å². The number of tetrazole rings is 1. The first-order chi connectivity index (χ1) is 16.1. The predicted molar refractivity (Wildman–Crippen MR) is 121 cm³/mol. The van der Waals surface area contributed by atoms with E-state index < -0.39 is 0 Å². The number of pyridine rings is 1. The molecule has 5 rings (SSSR count). The van der Waals surface area contributed by atoms with Gasteiger partial charge in [0.2, 0.25) is 11.8 Å². The fraction of sp³-hybridized carbons (Fsp3) is 0.227. The fourth-order valence-corrected chi connectivity index (χ4v) is 3.83. The molecule has 11 nitrogen and oxygen atoms in total. The molecule has 4 aromatic heterocycles. The van der Waals surface area contributed by atoms with E-state index in [1.54, 1.807) is 22.5 Å². The first-order valence-electron chi connectivity index (χ1n) is 10.6. The van der Waals surface area contributed by atoms with Crippen LogP contribution >= 0.6 is 0 Å². The van der Waals surface area contributed by atoms with Crippen LogP contribution in [0.5, 0.6) is 0 Å². The minimum absolute atomic E-state index is 0.166. The molecule has 0 amide bonds. The van der Waals surface area contributed by atoms with Crippen LogP contribution in [0.4, 0.5) is 0 Å². The molecule has 166 valence electrons. The molecular formula is C22H22N10O. The largest absolute Gasteiger partial charge is 0.335 e. The molecule has 5 aromatic rings. The van der Waals surface area contributed by atoms with E-state index in [9.17, 15) is 4.79 Å². The lowest BCUT2D eigenvalue weighted by molar-refractivity contribution is 0.663. The van der Waals surface area contributed by atoms with Crippen molar-refractivity contribution in [1.29, 1.82) is 0 Å². The Balaban J connectivity index is 1.50. The Morgan fingerprint density at radius 3 is 2.67 bits per heavy atom. The number of rotatable bonds is 7. The summed E-state index contributed by atoms with van der Waals surface area (Å²) in [4.78, 5) is 22.0. The summed E-state index contributed by atoms with van der Waals surface area (Å²) in [5.41, 5.74) is 4.40. The van der Waals surface area contributed by atoms with Crippen molar-refractivity contribution >= 4 is 0 Å². The van der Waals surface area contributed by atoms with E-state index in [4.69, 9.17) is 0 Å². The highest BCUT2D eigenvalue weighted by Crippen LogP contribution is 2.24. The Morgan fingerprint density at radius 1 is 1.06 bits per heavy atom. The predicted octanol–water partition coefficient (Wildman–Crippen LogP) is 2.01. The fourth-order valence-electron chi connectivity index (χ4n) is 3.83. The first-order valence-corrected chi connectivity index (χ1v) is 10.6. The summed E-state index contributed by atoms with van der Waals surface area (Å²) >= 11 is 0. The summed E-state index contributed by atoms with van der Waals surface area (Å²) in [7, 11) is 1.76. The van der Waals surface area contributed by atoms with Crippen LogP contribution in [0, 0.1) is 0 Å². The number of aromatic nitrogens is 10. The summed E-state index contributed by atoms with van der Waals surface area (Å²) in [5.74, 6) is 1.02. The zero-order valence-corrected chi connectivity index (χ0v) is 18.3. The molecule has 33 heavy (non-hydrogen) atoms. The lowest BCUT2D eigenvalue weighted by atomic mass is 10.0. The van der Waals surface area contributed by atoms with Crippen LogP contribution in [0.1, 0.15) is 24.7 Å². The van der Waals surface area contributed by atoms with Gasteiger partial charge in [0.25, 0.3) is 0 Å². The molecule has 0 spiro atoms. The van der Waals surface area contributed by atoms with E-state index in [2.05, 4.69) is 42.6 Å². The van der Waals surface area contributed by atoms with E-state index in [0.717, 1.165) is 40.9 Å². The lowest BCUT2D eigenvalue weighted by Crippen LogP contribution is -2.26. The van der Waals surface area contributed by atoms with Gasteiger partial charge in [-0.3, -0.25) is 9.55 Å². The minimum atomic E-state index is -0.166. The van der Waals surface area contributed by atoms with E-state index in [1.165, 1.54) is 10.9 Å². The molecule has 11 heteroatoms. The highest BCUT2D eigenvalue weighted by molar-refractivity contribution is 5.70. The maximum Gasteiger partial charge on any atom is 0.335 e. The second-order valence-corrected chi connectivity index (χ2v) is 7.64.